The molecular formula is C16H27NO3. The third-order valence-corrected chi connectivity index (χ3v) is 4.61. The number of unbranched alkanes of at least 4 members (excludes halogenated alkanes) is 2. The van der Waals surface area contributed by atoms with Gasteiger partial charge in [-0.3, -0.25) is 9.79 Å². The van der Waals surface area contributed by atoms with Crippen molar-refractivity contribution in [2.45, 2.75) is 58.3 Å². The molecule has 4 nitrogen and oxygen atoms in total. The fraction of sp³-hybridized carbons (Fsp3) is 0.875. The van der Waals surface area contributed by atoms with E-state index in [-0.39, 0.29) is 5.92 Å². The van der Waals surface area contributed by atoms with Crippen LogP contribution < -0.4 is 0 Å². The van der Waals surface area contributed by atoms with Crippen molar-refractivity contribution in [1.29, 1.82) is 0 Å². The summed E-state index contributed by atoms with van der Waals surface area (Å²) in [4.78, 5) is 15.6. The summed E-state index contributed by atoms with van der Waals surface area (Å²) in [5.41, 5.74) is 0. The lowest BCUT2D eigenvalue weighted by atomic mass is 9.81. The van der Waals surface area contributed by atoms with Crippen LogP contribution in [0, 0.1) is 17.8 Å². The monoisotopic (exact) mass is 281 g/mol. The van der Waals surface area contributed by atoms with Crippen LogP contribution in [0.1, 0.15) is 58.3 Å². The molecule has 0 bridgehead atoms. The van der Waals surface area contributed by atoms with Gasteiger partial charge in [-0.25, -0.2) is 0 Å². The maximum Gasteiger partial charge on any atom is 0.306 e. The van der Waals surface area contributed by atoms with E-state index in [1.165, 1.54) is 25.7 Å². The number of carbonyl (C=O) groups is 1. The molecule has 0 amide bonds. The van der Waals surface area contributed by atoms with Gasteiger partial charge in [0.15, 0.2) is 5.90 Å². The minimum absolute atomic E-state index is 0.155. The lowest BCUT2D eigenvalue weighted by Gasteiger charge is -2.30. The average Bonchev–Trinajstić information content (AvgIpc) is 2.48. The van der Waals surface area contributed by atoms with Crippen molar-refractivity contribution in [3.8, 4) is 0 Å². The van der Waals surface area contributed by atoms with E-state index in [2.05, 4.69) is 11.9 Å². The van der Waals surface area contributed by atoms with Gasteiger partial charge in [0, 0.05) is 18.4 Å². The Balaban J connectivity index is 1.74. The zero-order chi connectivity index (χ0) is 14.4. The van der Waals surface area contributed by atoms with Crippen LogP contribution in [-0.4, -0.2) is 30.1 Å². The second-order valence-electron chi connectivity index (χ2n) is 6.24. The van der Waals surface area contributed by atoms with E-state index in [0.29, 0.717) is 11.8 Å². The topological polar surface area (TPSA) is 58.9 Å². The average molecular weight is 281 g/mol. The summed E-state index contributed by atoms with van der Waals surface area (Å²) in [5.74, 6) is 1.05. The molecule has 2 rings (SSSR count). The lowest BCUT2D eigenvalue weighted by molar-refractivity contribution is -0.142. The quantitative estimate of drug-likeness (QED) is 0.758. The predicted molar refractivity (Wildman–Crippen MR) is 79.0 cm³/mol. The molecule has 1 aliphatic carbocycles. The Morgan fingerprint density at radius 2 is 2.05 bits per heavy atom. The number of nitrogens with zero attached hydrogens (tertiary/aromatic N) is 1. The molecule has 0 spiro atoms. The number of rotatable bonds is 6. The molecule has 1 atom stereocenters. The van der Waals surface area contributed by atoms with E-state index in [4.69, 9.17) is 9.84 Å². The molecule has 0 aromatic carbocycles. The summed E-state index contributed by atoms with van der Waals surface area (Å²) in [5, 5.41) is 9.01. The molecule has 114 valence electrons. The van der Waals surface area contributed by atoms with Crippen LogP contribution in [0.5, 0.6) is 0 Å². The summed E-state index contributed by atoms with van der Waals surface area (Å²) >= 11 is 0. The van der Waals surface area contributed by atoms with Gasteiger partial charge in [0.05, 0.1) is 12.5 Å². The van der Waals surface area contributed by atoms with E-state index in [1.807, 2.05) is 0 Å². The van der Waals surface area contributed by atoms with Crippen molar-refractivity contribution in [3.63, 3.8) is 0 Å². The molecule has 0 radical (unpaired) electrons. The first-order chi connectivity index (χ1) is 9.70. The Kier molecular flexibility index (Phi) is 5.86. The van der Waals surface area contributed by atoms with Crippen LogP contribution in [-0.2, 0) is 9.53 Å². The van der Waals surface area contributed by atoms with Crippen LogP contribution in [0.25, 0.3) is 0 Å². The fourth-order valence-corrected chi connectivity index (χ4v) is 3.21. The molecule has 20 heavy (non-hydrogen) atoms. The highest BCUT2D eigenvalue weighted by atomic mass is 16.5. The second kappa shape index (κ2) is 7.65. The minimum atomic E-state index is -0.647. The van der Waals surface area contributed by atoms with Gasteiger partial charge in [0.2, 0.25) is 0 Å². The summed E-state index contributed by atoms with van der Waals surface area (Å²) in [6, 6.07) is 0. The standard InChI is InChI=1S/C16H27NO3/c1-2-3-4-5-12-10-17-15(20-11-12)13-6-8-14(9-7-13)16(18)19/h12-14H,2-11H2,1H3,(H,18,19). The first-order valence-corrected chi connectivity index (χ1v) is 8.10. The number of aliphatic imine (C=N–C) groups is 1. The molecular weight excluding hydrogens is 254 g/mol. The van der Waals surface area contributed by atoms with Crippen molar-refractivity contribution >= 4 is 11.9 Å². The highest BCUT2D eigenvalue weighted by Crippen LogP contribution is 2.31. The highest BCUT2D eigenvalue weighted by Gasteiger charge is 2.31. The van der Waals surface area contributed by atoms with Crippen LogP contribution in [0.4, 0.5) is 0 Å². The number of ether oxygens (including phenoxy) is 1. The fourth-order valence-electron chi connectivity index (χ4n) is 3.21. The first-order valence-electron chi connectivity index (χ1n) is 8.10. The molecule has 0 aromatic heterocycles. The Morgan fingerprint density at radius 1 is 1.30 bits per heavy atom. The normalized spacial score (nSPS) is 30.4. The Labute approximate surface area is 121 Å². The van der Waals surface area contributed by atoms with Crippen molar-refractivity contribution in [1.82, 2.24) is 0 Å². The van der Waals surface area contributed by atoms with E-state index in [1.54, 1.807) is 0 Å². The second-order valence-corrected chi connectivity index (χ2v) is 6.24. The maximum absolute atomic E-state index is 10.9. The number of carboxylic acid groups (broad SMARTS) is 1. The number of carboxylic acids is 1. The molecule has 1 saturated carbocycles. The Hall–Kier alpha value is -1.06. The van der Waals surface area contributed by atoms with Gasteiger partial charge >= 0.3 is 5.97 Å². The third kappa shape index (κ3) is 4.22. The van der Waals surface area contributed by atoms with E-state index in [0.717, 1.165) is 44.7 Å². The van der Waals surface area contributed by atoms with Gasteiger partial charge in [0.25, 0.3) is 0 Å². The first kappa shape index (κ1) is 15.3. The van der Waals surface area contributed by atoms with Crippen LogP contribution in [0.15, 0.2) is 4.99 Å². The summed E-state index contributed by atoms with van der Waals surface area (Å²) < 4.78 is 5.86. The highest BCUT2D eigenvalue weighted by molar-refractivity contribution is 5.80. The molecule has 1 unspecified atom stereocenters. The van der Waals surface area contributed by atoms with Gasteiger partial charge in [-0.15, -0.1) is 0 Å². The number of hydrogen-bond acceptors (Lipinski definition) is 3. The van der Waals surface area contributed by atoms with Crippen molar-refractivity contribution in [3.05, 3.63) is 0 Å². The van der Waals surface area contributed by atoms with Crippen LogP contribution in [0.3, 0.4) is 0 Å². The summed E-state index contributed by atoms with van der Waals surface area (Å²) in [7, 11) is 0. The molecule has 0 aromatic rings. The lowest BCUT2D eigenvalue weighted by Crippen LogP contribution is -2.32. The minimum Gasteiger partial charge on any atom is -0.481 e. The van der Waals surface area contributed by atoms with Gasteiger partial charge in [-0.2, -0.15) is 0 Å². The largest absolute Gasteiger partial charge is 0.481 e. The van der Waals surface area contributed by atoms with Gasteiger partial charge in [-0.1, -0.05) is 26.2 Å². The SMILES string of the molecule is CCCCCC1CN=C(C2CCC(C(=O)O)CC2)OC1. The van der Waals surface area contributed by atoms with E-state index in [9.17, 15) is 4.79 Å². The smallest absolute Gasteiger partial charge is 0.306 e. The molecule has 1 N–H and O–H groups in total. The van der Waals surface area contributed by atoms with Crippen molar-refractivity contribution < 1.29 is 14.6 Å². The maximum atomic E-state index is 10.9. The van der Waals surface area contributed by atoms with Crippen molar-refractivity contribution in [2.24, 2.45) is 22.7 Å². The van der Waals surface area contributed by atoms with Gasteiger partial charge in [-0.05, 0) is 32.1 Å². The number of hydrogen-bond donors (Lipinski definition) is 1. The van der Waals surface area contributed by atoms with Crippen LogP contribution in [0.2, 0.25) is 0 Å². The molecule has 2 aliphatic rings. The molecule has 4 heteroatoms. The number of aliphatic carboxylic acids is 1. The van der Waals surface area contributed by atoms with Crippen LogP contribution >= 0.6 is 0 Å². The summed E-state index contributed by atoms with van der Waals surface area (Å²) in [6.45, 7) is 3.93. The van der Waals surface area contributed by atoms with Gasteiger partial charge in [0.1, 0.15) is 0 Å². The molecule has 1 aliphatic heterocycles. The summed E-state index contributed by atoms with van der Waals surface area (Å²) in [6.07, 6.45) is 8.41. The zero-order valence-corrected chi connectivity index (χ0v) is 12.5. The Morgan fingerprint density at radius 3 is 2.60 bits per heavy atom. The Bertz CT molecular complexity index is 346. The molecule has 1 fully saturated rings. The zero-order valence-electron chi connectivity index (χ0n) is 12.5. The third-order valence-electron chi connectivity index (χ3n) is 4.61. The van der Waals surface area contributed by atoms with Crippen molar-refractivity contribution in [2.75, 3.05) is 13.2 Å². The molecule has 0 saturated heterocycles. The van der Waals surface area contributed by atoms with Gasteiger partial charge < -0.3 is 9.84 Å². The predicted octanol–water partition coefficient (Wildman–Crippen LogP) is 3.50. The van der Waals surface area contributed by atoms with E-state index < -0.39 is 5.97 Å². The van der Waals surface area contributed by atoms with E-state index >= 15 is 0 Å². The molecule has 1 heterocycles.